The number of aliphatic hydroxyl groups excluding tert-OH is 1. The van der Waals surface area contributed by atoms with Crippen molar-refractivity contribution in [3.63, 3.8) is 0 Å². The highest BCUT2D eigenvalue weighted by atomic mass is 32.2. The first-order chi connectivity index (χ1) is 13.5. The van der Waals surface area contributed by atoms with E-state index in [1.165, 1.54) is 71.1 Å². The molecule has 160 valence electrons. The number of thioether (sulfide) groups is 1. The molecule has 0 bridgehead atoms. The van der Waals surface area contributed by atoms with Crippen LogP contribution in [-0.2, 0) is 9.59 Å². The first kappa shape index (κ1) is 24.7. The lowest BCUT2D eigenvalue weighted by Crippen LogP contribution is -2.41. The van der Waals surface area contributed by atoms with E-state index < -0.39 is 23.2 Å². The van der Waals surface area contributed by atoms with Gasteiger partial charge in [0.25, 0.3) is 0 Å². The molecular formula is C20H35N3O4S. The Bertz CT molecular complexity index is 484. The van der Waals surface area contributed by atoms with Crippen molar-refractivity contribution in [1.82, 2.24) is 10.6 Å². The van der Waals surface area contributed by atoms with Gasteiger partial charge in [0.15, 0.2) is 0 Å². The Kier molecular flexibility index (Phi) is 13.0. The van der Waals surface area contributed by atoms with Crippen LogP contribution in [0.25, 0.3) is 0 Å². The molecule has 2 saturated carbocycles. The summed E-state index contributed by atoms with van der Waals surface area (Å²) in [6, 6.07) is 2.52. The molecule has 2 atom stereocenters. The molecule has 0 aromatic rings. The third-order valence-electron chi connectivity index (χ3n) is 5.13. The van der Waals surface area contributed by atoms with Crippen molar-refractivity contribution < 1.29 is 19.8 Å². The smallest absolute Gasteiger partial charge is 0.327 e. The van der Waals surface area contributed by atoms with E-state index in [0.29, 0.717) is 0 Å². The number of carbonyl (C=O) groups is 2. The first-order valence-electron chi connectivity index (χ1n) is 10.3. The Hall–Kier alpha value is -1.30. The largest absolute Gasteiger partial charge is 0.480 e. The molecular weight excluding hydrogens is 378 g/mol. The van der Waals surface area contributed by atoms with Crippen molar-refractivity contribution in [2.75, 3.05) is 12.4 Å². The van der Waals surface area contributed by atoms with Gasteiger partial charge in [-0.25, -0.2) is 4.79 Å². The van der Waals surface area contributed by atoms with E-state index in [4.69, 9.17) is 15.5 Å². The second-order valence-corrected chi connectivity index (χ2v) is 8.80. The normalized spacial score (nSPS) is 20.2. The number of nitrogens with zero attached hydrogens (tertiary/aromatic N) is 1. The summed E-state index contributed by atoms with van der Waals surface area (Å²) in [4.78, 5) is 21.3. The minimum atomic E-state index is -1.16. The fourth-order valence-corrected chi connectivity index (χ4v) is 4.47. The lowest BCUT2D eigenvalue weighted by Gasteiger charge is -2.30. The molecule has 0 aromatic carbocycles. The van der Waals surface area contributed by atoms with Crippen LogP contribution in [0.2, 0.25) is 0 Å². The van der Waals surface area contributed by atoms with Crippen LogP contribution in [0.5, 0.6) is 0 Å². The topological polar surface area (TPSA) is 122 Å². The summed E-state index contributed by atoms with van der Waals surface area (Å²) >= 11 is 0.993. The van der Waals surface area contributed by atoms with Crippen LogP contribution in [0.3, 0.4) is 0 Å². The van der Waals surface area contributed by atoms with Crippen LogP contribution in [0.4, 0.5) is 0 Å². The molecule has 28 heavy (non-hydrogen) atoms. The SMILES string of the molecule is C1CCC(NC2CCCCC2)CC1.CC(=O)N[C@H](CSC(C#N)CO)C(=O)O. The van der Waals surface area contributed by atoms with E-state index in [1.807, 2.05) is 0 Å². The van der Waals surface area contributed by atoms with Crippen LogP contribution in [0.15, 0.2) is 0 Å². The fourth-order valence-electron chi connectivity index (χ4n) is 3.64. The van der Waals surface area contributed by atoms with E-state index in [2.05, 4.69) is 10.6 Å². The summed E-state index contributed by atoms with van der Waals surface area (Å²) in [5, 5.41) is 31.3. The number of carboxylic acid groups (broad SMARTS) is 1. The van der Waals surface area contributed by atoms with Crippen molar-refractivity contribution in [3.8, 4) is 6.07 Å². The molecule has 2 aliphatic carbocycles. The van der Waals surface area contributed by atoms with Gasteiger partial charge in [0, 0.05) is 24.8 Å². The number of nitriles is 1. The van der Waals surface area contributed by atoms with Crippen molar-refractivity contribution in [2.24, 2.45) is 0 Å². The van der Waals surface area contributed by atoms with Gasteiger partial charge >= 0.3 is 5.97 Å². The highest BCUT2D eigenvalue weighted by Gasteiger charge is 2.20. The molecule has 2 fully saturated rings. The minimum absolute atomic E-state index is 0.0493. The highest BCUT2D eigenvalue weighted by Crippen LogP contribution is 2.22. The van der Waals surface area contributed by atoms with E-state index in [0.717, 1.165) is 23.8 Å². The molecule has 7 nitrogen and oxygen atoms in total. The average molecular weight is 414 g/mol. The predicted octanol–water partition coefficient (Wildman–Crippen LogP) is 2.43. The number of hydrogen-bond acceptors (Lipinski definition) is 6. The summed E-state index contributed by atoms with van der Waals surface area (Å²) in [5.41, 5.74) is 0. The van der Waals surface area contributed by atoms with Crippen LogP contribution >= 0.6 is 11.8 Å². The number of aliphatic carboxylic acids is 1. The minimum Gasteiger partial charge on any atom is -0.480 e. The number of amides is 1. The Morgan fingerprint density at radius 3 is 1.93 bits per heavy atom. The van der Waals surface area contributed by atoms with Gasteiger partial charge in [0.1, 0.15) is 11.3 Å². The molecule has 2 rings (SSSR count). The molecule has 2 aliphatic rings. The number of nitrogens with one attached hydrogen (secondary N) is 2. The summed E-state index contributed by atoms with van der Waals surface area (Å²) in [7, 11) is 0. The van der Waals surface area contributed by atoms with Gasteiger partial charge in [0.2, 0.25) is 5.91 Å². The predicted molar refractivity (Wildman–Crippen MR) is 111 cm³/mol. The van der Waals surface area contributed by atoms with E-state index in [9.17, 15) is 9.59 Å². The Morgan fingerprint density at radius 2 is 1.57 bits per heavy atom. The molecule has 0 aromatic heterocycles. The molecule has 0 radical (unpaired) electrons. The lowest BCUT2D eigenvalue weighted by atomic mass is 9.91. The Labute approximate surface area is 172 Å². The van der Waals surface area contributed by atoms with Crippen LogP contribution in [0, 0.1) is 11.3 Å². The molecule has 0 saturated heterocycles. The highest BCUT2D eigenvalue weighted by molar-refractivity contribution is 8.00. The number of rotatable bonds is 8. The van der Waals surface area contributed by atoms with Gasteiger partial charge in [-0.2, -0.15) is 5.26 Å². The third-order valence-corrected chi connectivity index (χ3v) is 6.31. The van der Waals surface area contributed by atoms with Crippen LogP contribution < -0.4 is 10.6 Å². The molecule has 4 N–H and O–H groups in total. The Balaban J connectivity index is 0.000000281. The van der Waals surface area contributed by atoms with Gasteiger partial charge in [-0.3, -0.25) is 4.79 Å². The van der Waals surface area contributed by atoms with Gasteiger partial charge < -0.3 is 20.8 Å². The summed E-state index contributed by atoms with van der Waals surface area (Å²) in [6.07, 6.45) is 14.6. The summed E-state index contributed by atoms with van der Waals surface area (Å²) in [5.74, 6) is -1.55. The molecule has 8 heteroatoms. The quantitative estimate of drug-likeness (QED) is 0.482. The maximum atomic E-state index is 10.7. The van der Waals surface area contributed by atoms with Crippen molar-refractivity contribution >= 4 is 23.6 Å². The number of carboxylic acids is 1. The monoisotopic (exact) mass is 413 g/mol. The van der Waals surface area contributed by atoms with E-state index >= 15 is 0 Å². The molecule has 1 amide bonds. The molecule has 0 heterocycles. The third kappa shape index (κ3) is 10.9. The molecule has 0 aliphatic heterocycles. The van der Waals surface area contributed by atoms with E-state index in [1.54, 1.807) is 6.07 Å². The average Bonchev–Trinajstić information content (AvgIpc) is 2.69. The maximum Gasteiger partial charge on any atom is 0.327 e. The standard InChI is InChI=1S/C12H23N.C8H12N2O4S/c1-3-7-11(8-4-1)13-12-9-5-2-6-10-12;1-5(12)10-7(8(13)14)4-15-6(2-9)3-11/h11-13H,1-10H2;6-7,11H,3-4H2,1H3,(H,10,12)(H,13,14)/t;6?,7-/m.1/s1. The zero-order chi connectivity index (χ0) is 20.8. The van der Waals surface area contributed by atoms with Crippen molar-refractivity contribution in [2.45, 2.75) is 94.5 Å². The van der Waals surface area contributed by atoms with Gasteiger partial charge in [-0.1, -0.05) is 38.5 Å². The number of hydrogen-bond donors (Lipinski definition) is 4. The fraction of sp³-hybridized carbons (Fsp3) is 0.850. The second-order valence-electron chi connectivity index (χ2n) is 7.56. The lowest BCUT2D eigenvalue weighted by molar-refractivity contribution is -0.140. The van der Waals surface area contributed by atoms with Crippen LogP contribution in [-0.4, -0.2) is 57.8 Å². The maximum absolute atomic E-state index is 10.7. The summed E-state index contributed by atoms with van der Waals surface area (Å²) < 4.78 is 0. The van der Waals surface area contributed by atoms with Crippen molar-refractivity contribution in [3.05, 3.63) is 0 Å². The van der Waals surface area contributed by atoms with Crippen LogP contribution in [0.1, 0.15) is 71.1 Å². The van der Waals surface area contributed by atoms with E-state index in [-0.39, 0.29) is 12.4 Å². The molecule has 0 spiro atoms. The second kappa shape index (κ2) is 14.7. The van der Waals surface area contributed by atoms with Crippen molar-refractivity contribution in [1.29, 1.82) is 5.26 Å². The van der Waals surface area contributed by atoms with Gasteiger partial charge in [-0.15, -0.1) is 11.8 Å². The number of aliphatic hydroxyl groups is 1. The van der Waals surface area contributed by atoms with Gasteiger partial charge in [0.05, 0.1) is 12.7 Å². The summed E-state index contributed by atoms with van der Waals surface area (Å²) in [6.45, 7) is 0.877. The number of carbonyl (C=O) groups excluding carboxylic acids is 1. The zero-order valence-corrected chi connectivity index (χ0v) is 17.7. The zero-order valence-electron chi connectivity index (χ0n) is 16.9. The van der Waals surface area contributed by atoms with Gasteiger partial charge in [-0.05, 0) is 25.7 Å². The molecule has 1 unspecified atom stereocenters. The Morgan fingerprint density at radius 1 is 1.07 bits per heavy atom. The first-order valence-corrected chi connectivity index (χ1v) is 11.4.